The zero-order valence-electron chi connectivity index (χ0n) is 9.39. The quantitative estimate of drug-likeness (QED) is 0.629. The molecule has 0 aliphatic carbocycles. The van der Waals surface area contributed by atoms with E-state index in [0.717, 1.165) is 16.3 Å². The molecule has 3 heteroatoms. The highest BCUT2D eigenvalue weighted by Crippen LogP contribution is 2.33. The lowest BCUT2D eigenvalue weighted by molar-refractivity contribution is 0.110. The molecule has 2 nitrogen and oxygen atoms in total. The van der Waals surface area contributed by atoms with Crippen molar-refractivity contribution >= 4 is 28.7 Å². The average Bonchev–Trinajstić information content (AvgIpc) is 2.88. The molecule has 0 aliphatic rings. The first-order valence-electron chi connectivity index (χ1n) is 5.52. The molecule has 0 aliphatic heterocycles. The Morgan fingerprint density at radius 3 is 2.44 bits per heavy atom. The van der Waals surface area contributed by atoms with Gasteiger partial charge in [-0.3, -0.25) is 4.79 Å². The van der Waals surface area contributed by atoms with Gasteiger partial charge in [-0.25, -0.2) is 0 Å². The van der Waals surface area contributed by atoms with Crippen LogP contribution in [0.3, 0.4) is 0 Å². The number of halogens is 1. The van der Waals surface area contributed by atoms with Gasteiger partial charge in [-0.2, -0.15) is 0 Å². The van der Waals surface area contributed by atoms with Gasteiger partial charge in [0.2, 0.25) is 0 Å². The van der Waals surface area contributed by atoms with Gasteiger partial charge in [0.1, 0.15) is 5.76 Å². The van der Waals surface area contributed by atoms with Crippen molar-refractivity contribution in [2.45, 2.75) is 0 Å². The van der Waals surface area contributed by atoms with Gasteiger partial charge in [0.15, 0.2) is 12.0 Å². The molecule has 18 heavy (non-hydrogen) atoms. The number of benzene rings is 2. The molecule has 0 amide bonds. The standard InChI is InChI=1S/C15H9ClO2/c16-14-7-6-13(11-3-1-2-4-12(11)14)15-8-5-10(9-17)18-15/h1-9H. The summed E-state index contributed by atoms with van der Waals surface area (Å²) in [6.07, 6.45) is 0.696. The Morgan fingerprint density at radius 2 is 1.72 bits per heavy atom. The van der Waals surface area contributed by atoms with E-state index in [-0.39, 0.29) is 0 Å². The molecular formula is C15H9ClO2. The van der Waals surface area contributed by atoms with Gasteiger partial charge in [0.25, 0.3) is 0 Å². The first-order chi connectivity index (χ1) is 8.79. The Hall–Kier alpha value is -2.06. The highest BCUT2D eigenvalue weighted by Gasteiger charge is 2.09. The molecule has 0 radical (unpaired) electrons. The summed E-state index contributed by atoms with van der Waals surface area (Å²) in [5.41, 5.74) is 0.933. The highest BCUT2D eigenvalue weighted by molar-refractivity contribution is 6.36. The fraction of sp³-hybridized carbons (Fsp3) is 0. The van der Waals surface area contributed by atoms with Crippen LogP contribution in [0, 0.1) is 0 Å². The zero-order valence-corrected chi connectivity index (χ0v) is 10.1. The Kier molecular flexibility index (Phi) is 2.65. The van der Waals surface area contributed by atoms with Crippen molar-refractivity contribution in [3.05, 3.63) is 59.3 Å². The second kappa shape index (κ2) is 4.31. The molecule has 0 atom stereocenters. The molecule has 0 spiro atoms. The van der Waals surface area contributed by atoms with Crippen LogP contribution in [-0.2, 0) is 0 Å². The Bertz CT molecular complexity index is 728. The van der Waals surface area contributed by atoms with Gasteiger partial charge in [-0.05, 0) is 29.7 Å². The fourth-order valence-corrected chi connectivity index (χ4v) is 2.27. The smallest absolute Gasteiger partial charge is 0.185 e. The maximum Gasteiger partial charge on any atom is 0.185 e. The molecule has 1 aromatic heterocycles. The number of hydrogen-bond acceptors (Lipinski definition) is 2. The zero-order chi connectivity index (χ0) is 12.5. The van der Waals surface area contributed by atoms with Gasteiger partial charge in [-0.15, -0.1) is 0 Å². The van der Waals surface area contributed by atoms with E-state index in [1.54, 1.807) is 12.1 Å². The average molecular weight is 257 g/mol. The van der Waals surface area contributed by atoms with Crippen molar-refractivity contribution in [1.82, 2.24) is 0 Å². The molecule has 0 unspecified atom stereocenters. The van der Waals surface area contributed by atoms with Crippen LogP contribution >= 0.6 is 11.6 Å². The van der Waals surface area contributed by atoms with E-state index in [4.69, 9.17) is 16.0 Å². The SMILES string of the molecule is O=Cc1ccc(-c2ccc(Cl)c3ccccc23)o1. The lowest BCUT2D eigenvalue weighted by Crippen LogP contribution is -1.80. The predicted molar refractivity (Wildman–Crippen MR) is 72.0 cm³/mol. The first kappa shape index (κ1) is 11.1. The summed E-state index contributed by atoms with van der Waals surface area (Å²) >= 11 is 6.16. The molecular weight excluding hydrogens is 248 g/mol. The second-order valence-electron chi connectivity index (χ2n) is 3.96. The third kappa shape index (κ3) is 1.71. The molecule has 2 aromatic carbocycles. The van der Waals surface area contributed by atoms with Crippen LogP contribution in [-0.4, -0.2) is 6.29 Å². The molecule has 1 heterocycles. The third-order valence-corrected chi connectivity index (χ3v) is 3.21. The molecule has 0 N–H and O–H groups in total. The van der Waals surface area contributed by atoms with Crippen LogP contribution in [0.25, 0.3) is 22.1 Å². The van der Waals surface area contributed by atoms with Crippen molar-refractivity contribution in [3.63, 3.8) is 0 Å². The topological polar surface area (TPSA) is 30.2 Å². The maximum absolute atomic E-state index is 10.7. The van der Waals surface area contributed by atoms with Crippen molar-refractivity contribution in [2.75, 3.05) is 0 Å². The van der Waals surface area contributed by atoms with Crippen LogP contribution in [0.1, 0.15) is 10.6 Å². The largest absolute Gasteiger partial charge is 0.453 e. The van der Waals surface area contributed by atoms with Gasteiger partial charge < -0.3 is 4.42 Å². The number of aldehydes is 1. The lowest BCUT2D eigenvalue weighted by Gasteiger charge is -2.05. The predicted octanol–water partition coefficient (Wildman–Crippen LogP) is 4.57. The van der Waals surface area contributed by atoms with E-state index in [2.05, 4.69) is 0 Å². The summed E-state index contributed by atoms with van der Waals surface area (Å²) in [5, 5.41) is 2.69. The molecule has 0 saturated heterocycles. The molecule has 3 rings (SSSR count). The molecule has 88 valence electrons. The van der Waals surface area contributed by atoms with Gasteiger partial charge in [0, 0.05) is 16.0 Å². The van der Waals surface area contributed by atoms with Crippen LogP contribution in [0.2, 0.25) is 5.02 Å². The monoisotopic (exact) mass is 256 g/mol. The van der Waals surface area contributed by atoms with E-state index in [1.165, 1.54) is 0 Å². The lowest BCUT2D eigenvalue weighted by atomic mass is 10.0. The van der Waals surface area contributed by atoms with E-state index < -0.39 is 0 Å². The van der Waals surface area contributed by atoms with Crippen LogP contribution in [0.4, 0.5) is 0 Å². The Morgan fingerprint density at radius 1 is 0.944 bits per heavy atom. The third-order valence-electron chi connectivity index (χ3n) is 2.88. The minimum Gasteiger partial charge on any atom is -0.453 e. The van der Waals surface area contributed by atoms with Crippen LogP contribution < -0.4 is 0 Å². The second-order valence-corrected chi connectivity index (χ2v) is 4.37. The molecule has 0 fully saturated rings. The number of carbonyl (C=O) groups is 1. The summed E-state index contributed by atoms with van der Waals surface area (Å²) in [6, 6.07) is 15.0. The van der Waals surface area contributed by atoms with Gasteiger partial charge in [-0.1, -0.05) is 35.9 Å². The van der Waals surface area contributed by atoms with Gasteiger partial charge in [0.05, 0.1) is 0 Å². The summed E-state index contributed by atoms with van der Waals surface area (Å²) in [7, 11) is 0. The number of hydrogen-bond donors (Lipinski definition) is 0. The summed E-state index contributed by atoms with van der Waals surface area (Å²) in [5.74, 6) is 0.994. The normalized spacial score (nSPS) is 10.7. The summed E-state index contributed by atoms with van der Waals surface area (Å²) < 4.78 is 5.46. The van der Waals surface area contributed by atoms with Crippen molar-refractivity contribution in [1.29, 1.82) is 0 Å². The molecule has 0 bridgehead atoms. The number of rotatable bonds is 2. The highest BCUT2D eigenvalue weighted by atomic mass is 35.5. The van der Waals surface area contributed by atoms with Crippen LogP contribution in [0.5, 0.6) is 0 Å². The van der Waals surface area contributed by atoms with Crippen molar-refractivity contribution in [3.8, 4) is 11.3 Å². The summed E-state index contributed by atoms with van der Waals surface area (Å²) in [6.45, 7) is 0. The Labute approximate surface area is 109 Å². The molecule has 3 aromatic rings. The minimum atomic E-state index is 0.323. The number of carbonyl (C=O) groups excluding carboxylic acids is 1. The number of fused-ring (bicyclic) bond motifs is 1. The van der Waals surface area contributed by atoms with E-state index >= 15 is 0 Å². The van der Waals surface area contributed by atoms with Crippen LogP contribution in [0.15, 0.2) is 52.9 Å². The van der Waals surface area contributed by atoms with E-state index in [1.807, 2.05) is 36.4 Å². The van der Waals surface area contributed by atoms with Gasteiger partial charge >= 0.3 is 0 Å². The minimum absolute atomic E-state index is 0.323. The Balaban J connectivity index is 2.29. The summed E-state index contributed by atoms with van der Waals surface area (Å²) in [4.78, 5) is 10.7. The molecule has 0 saturated carbocycles. The van der Waals surface area contributed by atoms with Crippen molar-refractivity contribution < 1.29 is 9.21 Å². The van der Waals surface area contributed by atoms with E-state index in [9.17, 15) is 4.79 Å². The number of furan rings is 1. The van der Waals surface area contributed by atoms with E-state index in [0.29, 0.717) is 22.8 Å². The maximum atomic E-state index is 10.7. The first-order valence-corrected chi connectivity index (χ1v) is 5.90. The fourth-order valence-electron chi connectivity index (χ4n) is 2.04. The van der Waals surface area contributed by atoms with Crippen molar-refractivity contribution in [2.24, 2.45) is 0 Å².